The minimum Gasteiger partial charge on any atom is -0.379 e. The zero-order valence-corrected chi connectivity index (χ0v) is 18.0. The van der Waals surface area contributed by atoms with Crippen LogP contribution in [0.5, 0.6) is 0 Å². The first-order valence-electron chi connectivity index (χ1n) is 10.4. The number of thiophene rings is 1. The van der Waals surface area contributed by atoms with Crippen molar-refractivity contribution >= 4 is 17.3 Å². The quantitative estimate of drug-likeness (QED) is 0.498. The molecule has 1 aromatic heterocycles. The highest BCUT2D eigenvalue weighted by Gasteiger charge is 2.23. The van der Waals surface area contributed by atoms with E-state index < -0.39 is 0 Å². The highest BCUT2D eigenvalue weighted by molar-refractivity contribution is 7.10. The van der Waals surface area contributed by atoms with Crippen molar-refractivity contribution in [2.24, 2.45) is 10.9 Å². The molecule has 0 amide bonds. The fraction of sp³-hybridized carbons (Fsp3) is 0.750. The molecule has 2 aliphatic rings. The van der Waals surface area contributed by atoms with Crippen molar-refractivity contribution in [3.05, 3.63) is 22.4 Å². The van der Waals surface area contributed by atoms with E-state index >= 15 is 0 Å². The van der Waals surface area contributed by atoms with E-state index in [0.29, 0.717) is 12.0 Å². The molecule has 28 heavy (non-hydrogen) atoms. The SMILES string of the molecule is CN=C(NCC(C)CN1CCOCC1)NCC(c1cccs1)N1CCOCC1. The third-order valence-corrected chi connectivity index (χ3v) is 6.31. The first-order chi connectivity index (χ1) is 13.8. The van der Waals surface area contributed by atoms with Gasteiger partial charge in [0.2, 0.25) is 0 Å². The van der Waals surface area contributed by atoms with E-state index in [2.05, 4.69) is 49.9 Å². The number of guanidine groups is 1. The molecule has 3 heterocycles. The Hall–Kier alpha value is -1.19. The molecule has 7 nitrogen and oxygen atoms in total. The van der Waals surface area contributed by atoms with E-state index in [-0.39, 0.29) is 0 Å². The first-order valence-corrected chi connectivity index (χ1v) is 11.2. The molecule has 0 bridgehead atoms. The smallest absolute Gasteiger partial charge is 0.191 e. The second kappa shape index (κ2) is 11.7. The van der Waals surface area contributed by atoms with Crippen LogP contribution >= 0.6 is 11.3 Å². The molecular weight excluding hydrogens is 374 g/mol. The van der Waals surface area contributed by atoms with Gasteiger partial charge in [0.05, 0.1) is 32.5 Å². The predicted octanol–water partition coefficient (Wildman–Crippen LogP) is 1.25. The summed E-state index contributed by atoms with van der Waals surface area (Å²) in [5.74, 6) is 1.44. The molecule has 158 valence electrons. The summed E-state index contributed by atoms with van der Waals surface area (Å²) in [6, 6.07) is 4.72. The van der Waals surface area contributed by atoms with Crippen LogP contribution in [-0.2, 0) is 9.47 Å². The van der Waals surface area contributed by atoms with Crippen molar-refractivity contribution in [3.63, 3.8) is 0 Å². The molecule has 0 radical (unpaired) electrons. The minimum absolute atomic E-state index is 0.355. The van der Waals surface area contributed by atoms with E-state index in [1.165, 1.54) is 4.88 Å². The summed E-state index contributed by atoms with van der Waals surface area (Å²) in [6.07, 6.45) is 0. The topological polar surface area (TPSA) is 61.4 Å². The average Bonchev–Trinajstić information content (AvgIpc) is 3.26. The van der Waals surface area contributed by atoms with Crippen LogP contribution in [0.4, 0.5) is 0 Å². The molecule has 1 aromatic rings. The molecule has 3 rings (SSSR count). The van der Waals surface area contributed by atoms with Crippen molar-refractivity contribution < 1.29 is 9.47 Å². The number of nitrogens with one attached hydrogen (secondary N) is 2. The van der Waals surface area contributed by atoms with Gasteiger partial charge in [0.1, 0.15) is 0 Å². The lowest BCUT2D eigenvalue weighted by Crippen LogP contribution is -2.47. The van der Waals surface area contributed by atoms with Gasteiger partial charge in [-0.15, -0.1) is 11.3 Å². The third-order valence-electron chi connectivity index (χ3n) is 5.34. The Morgan fingerprint density at radius 3 is 2.43 bits per heavy atom. The van der Waals surface area contributed by atoms with Gasteiger partial charge in [0.15, 0.2) is 5.96 Å². The number of hydrogen-bond acceptors (Lipinski definition) is 6. The van der Waals surface area contributed by atoms with Crippen molar-refractivity contribution in [1.29, 1.82) is 0 Å². The van der Waals surface area contributed by atoms with E-state index in [1.807, 2.05) is 18.4 Å². The van der Waals surface area contributed by atoms with Gasteiger partial charge in [-0.1, -0.05) is 13.0 Å². The Labute approximate surface area is 173 Å². The van der Waals surface area contributed by atoms with Crippen molar-refractivity contribution in [2.45, 2.75) is 13.0 Å². The van der Waals surface area contributed by atoms with Crippen LogP contribution < -0.4 is 10.6 Å². The molecule has 2 atom stereocenters. The lowest BCUT2D eigenvalue weighted by atomic mass is 10.1. The van der Waals surface area contributed by atoms with Crippen molar-refractivity contribution in [1.82, 2.24) is 20.4 Å². The molecule has 2 aliphatic heterocycles. The number of morpholine rings is 2. The van der Waals surface area contributed by atoms with E-state index in [4.69, 9.17) is 9.47 Å². The predicted molar refractivity (Wildman–Crippen MR) is 115 cm³/mol. The van der Waals surface area contributed by atoms with Crippen LogP contribution in [0.25, 0.3) is 0 Å². The Morgan fingerprint density at radius 2 is 1.79 bits per heavy atom. The van der Waals surface area contributed by atoms with Crippen LogP contribution in [0.15, 0.2) is 22.5 Å². The highest BCUT2D eigenvalue weighted by atomic mass is 32.1. The summed E-state index contributed by atoms with van der Waals surface area (Å²) in [5.41, 5.74) is 0. The molecule has 0 aliphatic carbocycles. The number of aliphatic imine (C=N–C) groups is 1. The lowest BCUT2D eigenvalue weighted by molar-refractivity contribution is 0.0177. The second-order valence-corrected chi connectivity index (χ2v) is 8.51. The van der Waals surface area contributed by atoms with Gasteiger partial charge >= 0.3 is 0 Å². The molecule has 0 spiro atoms. The van der Waals surface area contributed by atoms with E-state index in [1.54, 1.807) is 0 Å². The van der Waals surface area contributed by atoms with Gasteiger partial charge in [0, 0.05) is 57.7 Å². The molecule has 2 N–H and O–H groups in total. The summed E-state index contributed by atoms with van der Waals surface area (Å²) in [5, 5.41) is 9.20. The number of ether oxygens (including phenoxy) is 2. The maximum Gasteiger partial charge on any atom is 0.191 e. The van der Waals surface area contributed by atoms with Crippen molar-refractivity contribution in [2.75, 3.05) is 79.3 Å². The van der Waals surface area contributed by atoms with Crippen LogP contribution in [0.1, 0.15) is 17.8 Å². The number of nitrogens with zero attached hydrogens (tertiary/aromatic N) is 3. The van der Waals surface area contributed by atoms with Crippen LogP contribution in [0.2, 0.25) is 0 Å². The zero-order chi connectivity index (χ0) is 19.6. The summed E-state index contributed by atoms with van der Waals surface area (Å²) in [4.78, 5) is 10.8. The summed E-state index contributed by atoms with van der Waals surface area (Å²) in [7, 11) is 1.84. The van der Waals surface area contributed by atoms with Gasteiger partial charge in [-0.2, -0.15) is 0 Å². The molecule has 8 heteroatoms. The summed E-state index contributed by atoms with van der Waals surface area (Å²) in [6.45, 7) is 12.5. The molecule has 2 unspecified atom stereocenters. The Kier molecular flexibility index (Phi) is 9.01. The fourth-order valence-electron chi connectivity index (χ4n) is 3.75. The van der Waals surface area contributed by atoms with Crippen LogP contribution in [0.3, 0.4) is 0 Å². The molecule has 2 saturated heterocycles. The largest absolute Gasteiger partial charge is 0.379 e. The van der Waals surface area contributed by atoms with E-state index in [9.17, 15) is 0 Å². The number of rotatable bonds is 8. The van der Waals surface area contributed by atoms with E-state index in [0.717, 1.165) is 78.2 Å². The molecule has 0 aromatic carbocycles. The second-order valence-electron chi connectivity index (χ2n) is 7.53. The fourth-order valence-corrected chi connectivity index (χ4v) is 4.61. The normalized spacial score (nSPS) is 22.0. The third kappa shape index (κ3) is 6.70. The van der Waals surface area contributed by atoms with Crippen molar-refractivity contribution in [3.8, 4) is 0 Å². The standard InChI is InChI=1S/C20H35N5O2S/c1-17(16-24-5-9-26-10-6-24)14-22-20(21-2)23-15-18(19-4-3-13-28-19)25-7-11-27-12-8-25/h3-4,13,17-18H,5-12,14-16H2,1-2H3,(H2,21,22,23). The van der Waals surface area contributed by atoms with Gasteiger partial charge in [-0.3, -0.25) is 14.8 Å². The summed E-state index contributed by atoms with van der Waals surface area (Å²) >= 11 is 1.82. The maximum absolute atomic E-state index is 5.53. The molecule has 2 fully saturated rings. The van der Waals surface area contributed by atoms with Gasteiger partial charge < -0.3 is 20.1 Å². The average molecular weight is 410 g/mol. The van der Waals surface area contributed by atoms with Gasteiger partial charge in [0.25, 0.3) is 0 Å². The molecule has 0 saturated carbocycles. The Morgan fingerprint density at radius 1 is 1.11 bits per heavy atom. The Bertz CT molecular complexity index is 571. The van der Waals surface area contributed by atoms with Crippen LogP contribution in [0, 0.1) is 5.92 Å². The molecular formula is C20H35N5O2S. The number of hydrogen-bond donors (Lipinski definition) is 2. The lowest BCUT2D eigenvalue weighted by Gasteiger charge is -2.34. The van der Waals surface area contributed by atoms with Crippen LogP contribution in [-0.4, -0.2) is 95.0 Å². The van der Waals surface area contributed by atoms with Gasteiger partial charge in [-0.25, -0.2) is 0 Å². The minimum atomic E-state index is 0.355. The maximum atomic E-state index is 5.53. The summed E-state index contributed by atoms with van der Waals surface area (Å²) < 4.78 is 11.0. The Balaban J connectivity index is 1.45. The highest BCUT2D eigenvalue weighted by Crippen LogP contribution is 2.25. The van der Waals surface area contributed by atoms with Gasteiger partial charge in [-0.05, 0) is 17.4 Å². The monoisotopic (exact) mass is 409 g/mol. The zero-order valence-electron chi connectivity index (χ0n) is 17.2. The first kappa shape index (κ1) is 21.5.